The molecule has 1 saturated heterocycles. The van der Waals surface area contributed by atoms with Crippen molar-refractivity contribution in [1.82, 2.24) is 4.90 Å². The monoisotopic (exact) mass is 381 g/mol. The molecule has 1 aliphatic heterocycles. The molecule has 0 spiro atoms. The average Bonchev–Trinajstić information content (AvgIpc) is 2.60. The van der Waals surface area contributed by atoms with E-state index in [1.807, 2.05) is 13.0 Å². The van der Waals surface area contributed by atoms with E-state index in [4.69, 9.17) is 23.2 Å². The minimum atomic E-state index is -0.430. The SMILES string of the molecule is Cc1ccc(Cl)cc1NC(=O)N1CCN(c2ccc(F)c(Cl)c2)CC1. The van der Waals surface area contributed by atoms with Crippen LogP contribution < -0.4 is 10.2 Å². The summed E-state index contributed by atoms with van der Waals surface area (Å²) in [7, 11) is 0. The number of anilines is 2. The average molecular weight is 382 g/mol. The lowest BCUT2D eigenvalue weighted by molar-refractivity contribution is 0.208. The van der Waals surface area contributed by atoms with Crippen LogP contribution >= 0.6 is 23.2 Å². The van der Waals surface area contributed by atoms with E-state index in [0.717, 1.165) is 11.3 Å². The van der Waals surface area contributed by atoms with E-state index in [1.165, 1.54) is 6.07 Å². The number of carbonyl (C=O) groups is 1. The van der Waals surface area contributed by atoms with Crippen molar-refractivity contribution in [1.29, 1.82) is 0 Å². The Kier molecular flexibility index (Phi) is 5.35. The van der Waals surface area contributed by atoms with Gasteiger partial charge in [-0.05, 0) is 42.8 Å². The molecule has 1 heterocycles. The number of benzene rings is 2. The first-order chi connectivity index (χ1) is 11.9. The van der Waals surface area contributed by atoms with Crippen molar-refractivity contribution in [2.24, 2.45) is 0 Å². The van der Waals surface area contributed by atoms with Crippen LogP contribution in [0.2, 0.25) is 10.0 Å². The second-order valence-electron chi connectivity index (χ2n) is 5.96. The fourth-order valence-corrected chi connectivity index (χ4v) is 3.12. The van der Waals surface area contributed by atoms with Crippen LogP contribution in [0, 0.1) is 12.7 Å². The van der Waals surface area contributed by atoms with Crippen LogP contribution in [0.5, 0.6) is 0 Å². The molecule has 0 bridgehead atoms. The normalized spacial score (nSPS) is 14.6. The molecule has 2 amide bonds. The van der Waals surface area contributed by atoms with Crippen molar-refractivity contribution in [2.75, 3.05) is 36.4 Å². The molecule has 0 aromatic heterocycles. The van der Waals surface area contributed by atoms with E-state index in [2.05, 4.69) is 10.2 Å². The highest BCUT2D eigenvalue weighted by Gasteiger charge is 2.22. The molecule has 25 heavy (non-hydrogen) atoms. The third-order valence-electron chi connectivity index (χ3n) is 4.28. The van der Waals surface area contributed by atoms with Crippen LogP contribution in [0.4, 0.5) is 20.6 Å². The van der Waals surface area contributed by atoms with Gasteiger partial charge in [-0.25, -0.2) is 9.18 Å². The van der Waals surface area contributed by atoms with Crippen LogP contribution in [0.1, 0.15) is 5.56 Å². The largest absolute Gasteiger partial charge is 0.368 e. The number of rotatable bonds is 2. The summed E-state index contributed by atoms with van der Waals surface area (Å²) in [6.45, 7) is 4.37. The predicted molar refractivity (Wildman–Crippen MR) is 100 cm³/mol. The highest BCUT2D eigenvalue weighted by atomic mass is 35.5. The van der Waals surface area contributed by atoms with Gasteiger partial charge in [-0.2, -0.15) is 0 Å². The molecule has 1 fully saturated rings. The molecule has 0 saturated carbocycles. The van der Waals surface area contributed by atoms with Crippen LogP contribution in [0.25, 0.3) is 0 Å². The molecule has 0 unspecified atom stereocenters. The van der Waals surface area contributed by atoms with Crippen LogP contribution in [-0.2, 0) is 0 Å². The van der Waals surface area contributed by atoms with Gasteiger partial charge in [-0.1, -0.05) is 29.3 Å². The molecule has 2 aromatic rings. The van der Waals surface area contributed by atoms with Crippen molar-refractivity contribution < 1.29 is 9.18 Å². The van der Waals surface area contributed by atoms with E-state index < -0.39 is 5.82 Å². The van der Waals surface area contributed by atoms with E-state index in [-0.39, 0.29) is 11.1 Å². The first-order valence-corrected chi connectivity index (χ1v) is 8.72. The maximum absolute atomic E-state index is 13.3. The molecule has 132 valence electrons. The lowest BCUT2D eigenvalue weighted by Gasteiger charge is -2.36. The van der Waals surface area contributed by atoms with Crippen molar-refractivity contribution in [3.63, 3.8) is 0 Å². The van der Waals surface area contributed by atoms with Gasteiger partial charge in [0.05, 0.1) is 5.02 Å². The topological polar surface area (TPSA) is 35.6 Å². The molecule has 0 atom stereocenters. The Morgan fingerprint density at radius 2 is 1.80 bits per heavy atom. The van der Waals surface area contributed by atoms with Gasteiger partial charge in [0.25, 0.3) is 0 Å². The minimum absolute atomic E-state index is 0.106. The van der Waals surface area contributed by atoms with Gasteiger partial charge in [0, 0.05) is 42.6 Å². The molecule has 0 aliphatic carbocycles. The maximum atomic E-state index is 13.3. The highest BCUT2D eigenvalue weighted by molar-refractivity contribution is 6.31. The summed E-state index contributed by atoms with van der Waals surface area (Å²) in [5.74, 6) is -0.430. The van der Waals surface area contributed by atoms with Gasteiger partial charge >= 0.3 is 6.03 Å². The minimum Gasteiger partial charge on any atom is -0.368 e. The number of aryl methyl sites for hydroxylation is 1. The second kappa shape index (κ2) is 7.50. The number of halogens is 3. The number of urea groups is 1. The zero-order valence-electron chi connectivity index (χ0n) is 13.7. The number of hydrogen-bond donors (Lipinski definition) is 1. The Hall–Kier alpha value is -1.98. The summed E-state index contributed by atoms with van der Waals surface area (Å²) >= 11 is 11.8. The molecule has 1 N–H and O–H groups in total. The van der Waals surface area contributed by atoms with Crippen molar-refractivity contribution in [3.05, 3.63) is 57.8 Å². The lowest BCUT2D eigenvalue weighted by Crippen LogP contribution is -2.50. The summed E-state index contributed by atoms with van der Waals surface area (Å²) in [5.41, 5.74) is 2.53. The predicted octanol–water partition coefficient (Wildman–Crippen LogP) is 4.80. The quantitative estimate of drug-likeness (QED) is 0.810. The Labute approximate surface area is 156 Å². The number of hydrogen-bond acceptors (Lipinski definition) is 2. The molecule has 3 rings (SSSR count). The number of nitrogens with one attached hydrogen (secondary N) is 1. The van der Waals surface area contributed by atoms with E-state index in [1.54, 1.807) is 29.2 Å². The highest BCUT2D eigenvalue weighted by Crippen LogP contribution is 2.24. The third-order valence-corrected chi connectivity index (χ3v) is 4.80. The van der Waals surface area contributed by atoms with Gasteiger partial charge in [0.1, 0.15) is 5.82 Å². The van der Waals surface area contributed by atoms with Crippen LogP contribution in [0.3, 0.4) is 0 Å². The first kappa shape index (κ1) is 17.8. The standard InChI is InChI=1S/C18H18Cl2FN3O/c1-12-2-3-13(19)10-17(12)22-18(25)24-8-6-23(7-9-24)14-4-5-16(21)15(20)11-14/h2-5,10-11H,6-9H2,1H3,(H,22,25). The van der Waals surface area contributed by atoms with Crippen molar-refractivity contribution in [2.45, 2.75) is 6.92 Å². The summed E-state index contributed by atoms with van der Waals surface area (Å²) in [6.07, 6.45) is 0. The molecule has 0 radical (unpaired) electrons. The molecule has 2 aromatic carbocycles. The molecular weight excluding hydrogens is 364 g/mol. The number of piperazine rings is 1. The molecule has 4 nitrogen and oxygen atoms in total. The van der Waals surface area contributed by atoms with Crippen LogP contribution in [0.15, 0.2) is 36.4 Å². The van der Waals surface area contributed by atoms with E-state index in [9.17, 15) is 9.18 Å². The van der Waals surface area contributed by atoms with E-state index in [0.29, 0.717) is 36.9 Å². The van der Waals surface area contributed by atoms with Crippen molar-refractivity contribution >= 4 is 40.6 Å². The summed E-state index contributed by atoms with van der Waals surface area (Å²) in [4.78, 5) is 16.3. The summed E-state index contributed by atoms with van der Waals surface area (Å²) in [6, 6.07) is 9.92. The summed E-state index contributed by atoms with van der Waals surface area (Å²) < 4.78 is 13.3. The molecule has 1 aliphatic rings. The van der Waals surface area contributed by atoms with Gasteiger partial charge in [-0.15, -0.1) is 0 Å². The van der Waals surface area contributed by atoms with Gasteiger partial charge in [-0.3, -0.25) is 0 Å². The zero-order valence-corrected chi connectivity index (χ0v) is 15.2. The Morgan fingerprint density at radius 3 is 2.48 bits per heavy atom. The second-order valence-corrected chi connectivity index (χ2v) is 6.81. The first-order valence-electron chi connectivity index (χ1n) is 7.96. The Balaban J connectivity index is 1.60. The smallest absolute Gasteiger partial charge is 0.321 e. The molecular formula is C18H18Cl2FN3O. The molecule has 7 heteroatoms. The fraction of sp³-hybridized carbons (Fsp3) is 0.278. The third kappa shape index (κ3) is 4.17. The zero-order chi connectivity index (χ0) is 18.0. The van der Waals surface area contributed by atoms with E-state index >= 15 is 0 Å². The fourth-order valence-electron chi connectivity index (χ4n) is 2.77. The number of nitrogens with zero attached hydrogens (tertiary/aromatic N) is 2. The van der Waals surface area contributed by atoms with Gasteiger partial charge in [0.2, 0.25) is 0 Å². The van der Waals surface area contributed by atoms with Crippen LogP contribution in [-0.4, -0.2) is 37.1 Å². The lowest BCUT2D eigenvalue weighted by atomic mass is 10.2. The Morgan fingerprint density at radius 1 is 1.08 bits per heavy atom. The van der Waals surface area contributed by atoms with Gasteiger partial charge < -0.3 is 15.1 Å². The summed E-state index contributed by atoms with van der Waals surface area (Å²) in [5, 5.41) is 3.59. The van der Waals surface area contributed by atoms with Gasteiger partial charge in [0.15, 0.2) is 0 Å². The maximum Gasteiger partial charge on any atom is 0.321 e. The number of carbonyl (C=O) groups excluding carboxylic acids is 1. The number of amides is 2. The van der Waals surface area contributed by atoms with Crippen molar-refractivity contribution in [3.8, 4) is 0 Å². The Bertz CT molecular complexity index is 792.